The van der Waals surface area contributed by atoms with E-state index >= 15 is 0 Å². The third-order valence-electron chi connectivity index (χ3n) is 2.86. The molecule has 15 heavy (non-hydrogen) atoms. The average Bonchev–Trinajstić information content (AvgIpc) is 2.20. The molecule has 2 rings (SSSR count). The standard InChI is InChI=1S/C12H16BrNO/c1-2-15-8-6-10-9(11(13)7-8)4-3-5-12(10)14/h6-7,12H,2-5,14H2,1H3/t12-/m1/s1. The second-order valence-electron chi connectivity index (χ2n) is 3.90. The molecule has 0 radical (unpaired) electrons. The molecular weight excluding hydrogens is 254 g/mol. The van der Waals surface area contributed by atoms with Crippen LogP contribution >= 0.6 is 15.9 Å². The van der Waals surface area contributed by atoms with Gasteiger partial charge in [-0.1, -0.05) is 15.9 Å². The second kappa shape index (κ2) is 4.54. The van der Waals surface area contributed by atoms with Crippen LogP contribution in [0.5, 0.6) is 5.75 Å². The Labute approximate surface area is 98.9 Å². The largest absolute Gasteiger partial charge is 0.494 e. The number of nitrogens with two attached hydrogens (primary N) is 1. The smallest absolute Gasteiger partial charge is 0.120 e. The summed E-state index contributed by atoms with van der Waals surface area (Å²) in [6, 6.07) is 4.30. The highest BCUT2D eigenvalue weighted by Crippen LogP contribution is 2.36. The van der Waals surface area contributed by atoms with Crippen LogP contribution in [-0.4, -0.2) is 6.61 Å². The van der Waals surface area contributed by atoms with Gasteiger partial charge >= 0.3 is 0 Å². The summed E-state index contributed by atoms with van der Waals surface area (Å²) in [5.41, 5.74) is 8.71. The molecule has 0 heterocycles. The molecule has 82 valence electrons. The maximum absolute atomic E-state index is 6.10. The summed E-state index contributed by atoms with van der Waals surface area (Å²) in [6.45, 7) is 2.69. The van der Waals surface area contributed by atoms with Crippen molar-refractivity contribution in [3.05, 3.63) is 27.7 Å². The van der Waals surface area contributed by atoms with E-state index in [1.54, 1.807) is 0 Å². The van der Waals surface area contributed by atoms with Gasteiger partial charge in [-0.15, -0.1) is 0 Å². The molecular formula is C12H16BrNO. The molecule has 0 saturated heterocycles. The van der Waals surface area contributed by atoms with Crippen LogP contribution in [0.25, 0.3) is 0 Å². The first-order valence-electron chi connectivity index (χ1n) is 5.43. The van der Waals surface area contributed by atoms with Gasteiger partial charge in [-0.3, -0.25) is 0 Å². The predicted molar refractivity (Wildman–Crippen MR) is 65.2 cm³/mol. The predicted octanol–water partition coefficient (Wildman–Crippen LogP) is 3.18. The summed E-state index contributed by atoms with van der Waals surface area (Å²) >= 11 is 3.59. The van der Waals surface area contributed by atoms with E-state index in [-0.39, 0.29) is 6.04 Å². The van der Waals surface area contributed by atoms with E-state index in [0.29, 0.717) is 6.61 Å². The Kier molecular flexibility index (Phi) is 3.32. The van der Waals surface area contributed by atoms with Crippen molar-refractivity contribution in [3.63, 3.8) is 0 Å². The second-order valence-corrected chi connectivity index (χ2v) is 4.76. The van der Waals surface area contributed by atoms with Crippen molar-refractivity contribution >= 4 is 15.9 Å². The summed E-state index contributed by atoms with van der Waals surface area (Å²) in [7, 11) is 0. The number of benzene rings is 1. The molecule has 0 fully saturated rings. The number of hydrogen-bond donors (Lipinski definition) is 1. The van der Waals surface area contributed by atoms with Gasteiger partial charge in [0.15, 0.2) is 0 Å². The van der Waals surface area contributed by atoms with Gasteiger partial charge in [0.25, 0.3) is 0 Å². The van der Waals surface area contributed by atoms with Gasteiger partial charge in [0.05, 0.1) is 6.61 Å². The van der Waals surface area contributed by atoms with Crippen molar-refractivity contribution in [2.24, 2.45) is 5.73 Å². The van der Waals surface area contributed by atoms with Crippen molar-refractivity contribution in [1.82, 2.24) is 0 Å². The van der Waals surface area contributed by atoms with Gasteiger partial charge in [-0.25, -0.2) is 0 Å². The van der Waals surface area contributed by atoms with Crippen LogP contribution in [0.1, 0.15) is 36.9 Å². The Morgan fingerprint density at radius 3 is 3.07 bits per heavy atom. The molecule has 0 amide bonds. The minimum absolute atomic E-state index is 0.172. The molecule has 0 aromatic heterocycles. The number of ether oxygens (including phenoxy) is 1. The Morgan fingerprint density at radius 2 is 2.33 bits per heavy atom. The van der Waals surface area contributed by atoms with E-state index in [4.69, 9.17) is 10.5 Å². The van der Waals surface area contributed by atoms with Crippen LogP contribution in [0.3, 0.4) is 0 Å². The molecule has 0 unspecified atom stereocenters. The van der Waals surface area contributed by atoms with Crippen LogP contribution < -0.4 is 10.5 Å². The monoisotopic (exact) mass is 269 g/mol. The van der Waals surface area contributed by atoms with E-state index in [9.17, 15) is 0 Å². The molecule has 2 N–H and O–H groups in total. The van der Waals surface area contributed by atoms with Gasteiger partial charge in [0, 0.05) is 10.5 Å². The molecule has 3 heteroatoms. The molecule has 1 aliphatic rings. The van der Waals surface area contributed by atoms with Crippen molar-refractivity contribution < 1.29 is 4.74 Å². The molecule has 0 aliphatic heterocycles. The first-order chi connectivity index (χ1) is 7.22. The highest BCUT2D eigenvalue weighted by molar-refractivity contribution is 9.10. The maximum atomic E-state index is 6.10. The van der Waals surface area contributed by atoms with Crippen molar-refractivity contribution in [1.29, 1.82) is 0 Å². The maximum Gasteiger partial charge on any atom is 0.120 e. The lowest BCUT2D eigenvalue weighted by atomic mass is 9.88. The van der Waals surface area contributed by atoms with Gasteiger partial charge in [0.1, 0.15) is 5.75 Å². The first-order valence-corrected chi connectivity index (χ1v) is 6.22. The van der Waals surface area contributed by atoms with E-state index in [2.05, 4.69) is 22.0 Å². The summed E-state index contributed by atoms with van der Waals surface area (Å²) < 4.78 is 6.65. The molecule has 0 saturated carbocycles. The van der Waals surface area contributed by atoms with Gasteiger partial charge in [-0.05, 0) is 49.4 Å². The quantitative estimate of drug-likeness (QED) is 0.895. The fourth-order valence-electron chi connectivity index (χ4n) is 2.13. The summed E-state index contributed by atoms with van der Waals surface area (Å²) in [4.78, 5) is 0. The minimum Gasteiger partial charge on any atom is -0.494 e. The SMILES string of the molecule is CCOc1cc(Br)c2c(c1)[C@H](N)CCC2. The highest BCUT2D eigenvalue weighted by Gasteiger charge is 2.19. The third-order valence-corrected chi connectivity index (χ3v) is 3.56. The normalized spacial score (nSPS) is 19.8. The zero-order valence-electron chi connectivity index (χ0n) is 8.92. The number of halogens is 1. The summed E-state index contributed by atoms with van der Waals surface area (Å²) in [5, 5.41) is 0. The van der Waals surface area contributed by atoms with E-state index in [1.165, 1.54) is 17.5 Å². The molecule has 1 aromatic rings. The van der Waals surface area contributed by atoms with Crippen LogP contribution in [0.4, 0.5) is 0 Å². The van der Waals surface area contributed by atoms with Crippen LogP contribution in [0, 0.1) is 0 Å². The summed E-state index contributed by atoms with van der Waals surface area (Å²) in [5.74, 6) is 0.917. The van der Waals surface area contributed by atoms with Crippen molar-refractivity contribution in [3.8, 4) is 5.75 Å². The van der Waals surface area contributed by atoms with Crippen LogP contribution in [0.2, 0.25) is 0 Å². The lowest BCUT2D eigenvalue weighted by Crippen LogP contribution is -2.17. The first kappa shape index (κ1) is 11.0. The van der Waals surface area contributed by atoms with Crippen LogP contribution in [-0.2, 0) is 6.42 Å². The molecule has 1 aliphatic carbocycles. The zero-order valence-corrected chi connectivity index (χ0v) is 10.5. The number of hydrogen-bond acceptors (Lipinski definition) is 2. The molecule has 1 aromatic carbocycles. The zero-order chi connectivity index (χ0) is 10.8. The van der Waals surface area contributed by atoms with Crippen molar-refractivity contribution in [2.75, 3.05) is 6.61 Å². The van der Waals surface area contributed by atoms with E-state index in [0.717, 1.165) is 23.1 Å². The van der Waals surface area contributed by atoms with E-state index < -0.39 is 0 Å². The topological polar surface area (TPSA) is 35.2 Å². The van der Waals surface area contributed by atoms with Crippen molar-refractivity contribution in [2.45, 2.75) is 32.2 Å². The lowest BCUT2D eigenvalue weighted by molar-refractivity contribution is 0.339. The summed E-state index contributed by atoms with van der Waals surface area (Å²) in [6.07, 6.45) is 3.38. The minimum atomic E-state index is 0.172. The van der Waals surface area contributed by atoms with E-state index in [1.807, 2.05) is 13.0 Å². The number of rotatable bonds is 2. The van der Waals surface area contributed by atoms with Crippen LogP contribution in [0.15, 0.2) is 16.6 Å². The Balaban J connectivity index is 2.42. The lowest BCUT2D eigenvalue weighted by Gasteiger charge is -2.24. The fraction of sp³-hybridized carbons (Fsp3) is 0.500. The van der Waals surface area contributed by atoms with Gasteiger partial charge < -0.3 is 10.5 Å². The molecule has 0 spiro atoms. The average molecular weight is 270 g/mol. The Hall–Kier alpha value is -0.540. The molecule has 2 nitrogen and oxygen atoms in total. The van der Waals surface area contributed by atoms with Gasteiger partial charge in [0.2, 0.25) is 0 Å². The van der Waals surface area contributed by atoms with Gasteiger partial charge in [-0.2, -0.15) is 0 Å². The fourth-order valence-corrected chi connectivity index (χ4v) is 2.78. The molecule has 1 atom stereocenters. The molecule has 0 bridgehead atoms. The Bertz CT molecular complexity index is 365. The third kappa shape index (κ3) is 2.18. The Morgan fingerprint density at radius 1 is 1.53 bits per heavy atom. The highest BCUT2D eigenvalue weighted by atomic mass is 79.9. The number of fused-ring (bicyclic) bond motifs is 1.